The Morgan fingerprint density at radius 2 is 1.19 bits per heavy atom. The second-order valence-electron chi connectivity index (χ2n) is 18.0. The van der Waals surface area contributed by atoms with Gasteiger partial charge in [-0.3, -0.25) is 9.55 Å². The molecular weight excluding hydrogens is 998 g/mol. The van der Waals surface area contributed by atoms with Gasteiger partial charge in [-0.05, 0) is 107 Å². The summed E-state index contributed by atoms with van der Waals surface area (Å²) in [5, 5.41) is 0. The SMILES string of the molecule is [2H]C([2H])([2H])c1ccc(-n2c(-c3cc(C)cc(C)c3O[CH2-])nc3c(-c4[c-]c(-c5cc(-c6ccc(-c7ccccc7)cc6)ccn5)cc(-c5ccccc5)c4)cccc32)c(-c2ccc(C(C)(C)C)cc2)c1.[Pt+2]. The Hall–Kier alpha value is -7.13. The molecule has 2 aromatic heterocycles. The number of rotatable bonds is 9. The third-order valence-electron chi connectivity index (χ3n) is 12.4. The molecule has 0 N–H and O–H groups in total. The van der Waals surface area contributed by atoms with E-state index in [1.54, 1.807) is 12.1 Å². The van der Waals surface area contributed by atoms with Gasteiger partial charge in [0.05, 0.1) is 28.0 Å². The van der Waals surface area contributed by atoms with Crippen LogP contribution in [-0.2, 0) is 26.5 Å². The zero-order valence-electron chi connectivity index (χ0n) is 41.2. The number of ether oxygens (including phenoxy) is 1. The van der Waals surface area contributed by atoms with Crippen LogP contribution in [-0.4, -0.2) is 14.5 Å². The average molecular weight is 1050 g/mol. The summed E-state index contributed by atoms with van der Waals surface area (Å²) in [6.07, 6.45) is 1.87. The molecule has 0 aliphatic carbocycles. The van der Waals surface area contributed by atoms with Crippen molar-refractivity contribution < 1.29 is 29.9 Å². The molecule has 0 saturated carbocycles. The van der Waals surface area contributed by atoms with Gasteiger partial charge in [-0.15, -0.1) is 23.8 Å². The number of aromatic nitrogens is 3. The summed E-state index contributed by atoms with van der Waals surface area (Å²) in [6.45, 7) is 8.30. The average Bonchev–Trinajstić information content (AvgIpc) is 3.76. The number of pyridine rings is 1. The van der Waals surface area contributed by atoms with E-state index in [0.29, 0.717) is 11.6 Å². The number of para-hydroxylation sites is 1. The maximum absolute atomic E-state index is 8.46. The molecule has 0 bridgehead atoms. The van der Waals surface area contributed by atoms with Crippen LogP contribution in [0.5, 0.6) is 5.75 Å². The van der Waals surface area contributed by atoms with Crippen molar-refractivity contribution in [3.8, 4) is 89.7 Å². The maximum atomic E-state index is 8.46. The largest absolute Gasteiger partial charge is 2.00 e. The van der Waals surface area contributed by atoms with Gasteiger partial charge in [0.25, 0.3) is 0 Å². The van der Waals surface area contributed by atoms with Crippen LogP contribution < -0.4 is 4.74 Å². The Morgan fingerprint density at radius 1 is 0.567 bits per heavy atom. The monoisotopic (exact) mass is 1050 g/mol. The van der Waals surface area contributed by atoms with Gasteiger partial charge >= 0.3 is 21.1 Å². The van der Waals surface area contributed by atoms with Gasteiger partial charge in [0.15, 0.2) is 0 Å². The maximum Gasteiger partial charge on any atom is 2.00 e. The summed E-state index contributed by atoms with van der Waals surface area (Å²) < 4.78 is 33.4. The van der Waals surface area contributed by atoms with E-state index in [2.05, 4.69) is 191 Å². The summed E-state index contributed by atoms with van der Waals surface area (Å²) in [5.74, 6) is 1.23. The van der Waals surface area contributed by atoms with Crippen LogP contribution in [0.2, 0.25) is 0 Å². The van der Waals surface area contributed by atoms with E-state index in [1.165, 1.54) is 11.1 Å². The molecule has 4 nitrogen and oxygen atoms in total. The van der Waals surface area contributed by atoms with Crippen molar-refractivity contribution in [2.45, 2.75) is 46.9 Å². The van der Waals surface area contributed by atoms with Gasteiger partial charge in [0.1, 0.15) is 5.82 Å². The molecule has 0 amide bonds. The number of fused-ring (bicyclic) bond motifs is 1. The Balaban J connectivity index is 0.00000608. The Morgan fingerprint density at radius 3 is 1.87 bits per heavy atom. The van der Waals surface area contributed by atoms with Gasteiger partial charge < -0.3 is 4.74 Å². The van der Waals surface area contributed by atoms with Crippen molar-refractivity contribution in [1.29, 1.82) is 0 Å². The van der Waals surface area contributed by atoms with Crippen LogP contribution in [0.4, 0.5) is 0 Å². The molecule has 0 fully saturated rings. The van der Waals surface area contributed by atoms with E-state index in [4.69, 9.17) is 18.8 Å². The summed E-state index contributed by atoms with van der Waals surface area (Å²) in [5.41, 5.74) is 18.0. The standard InChI is InChI=1S/C62H51N3O.Pt/c1-40-21-30-57(54(34-40)47-26-28-52(29-27-47)62(4,5)6)65-58-20-14-19-53(59(58)64-61(65)55-35-41(2)33-42(3)60(55)66-7)50-36-49(44-17-12-9-13-18-44)37-51(38-50)56-39-48(31-32-63-56)46-24-22-45(23-25-46)43-15-10-8-11-16-43;/h8-37,39H,7H2,1-6H3;/q-2;+2/i1D3;. The second kappa shape index (κ2) is 18.6. The molecule has 0 radical (unpaired) electrons. The van der Waals surface area contributed by atoms with Crippen LogP contribution in [0.25, 0.3) is 95.0 Å². The Kier molecular flexibility index (Phi) is 11.5. The predicted molar refractivity (Wildman–Crippen MR) is 275 cm³/mol. The predicted octanol–water partition coefficient (Wildman–Crippen LogP) is 16.3. The summed E-state index contributed by atoms with van der Waals surface area (Å²) in [7, 11) is 3.89. The first-order valence-electron chi connectivity index (χ1n) is 23.8. The van der Waals surface area contributed by atoms with Crippen molar-refractivity contribution in [1.82, 2.24) is 14.5 Å². The number of hydrogen-bond donors (Lipinski definition) is 0. The fraction of sp³-hybridized carbons (Fsp3) is 0.113. The molecule has 330 valence electrons. The third kappa shape index (κ3) is 8.95. The molecule has 0 aliphatic rings. The quantitative estimate of drug-likeness (QED) is 0.135. The first-order valence-corrected chi connectivity index (χ1v) is 22.3. The molecule has 10 rings (SSSR count). The fourth-order valence-electron chi connectivity index (χ4n) is 9.06. The van der Waals surface area contributed by atoms with Crippen LogP contribution >= 0.6 is 0 Å². The van der Waals surface area contributed by atoms with Crippen LogP contribution in [0.3, 0.4) is 0 Å². The normalized spacial score (nSPS) is 12.2. The number of imidazole rings is 1. The van der Waals surface area contributed by atoms with Gasteiger partial charge in [0, 0.05) is 21.6 Å². The van der Waals surface area contributed by atoms with Crippen LogP contribution in [0.1, 0.15) is 47.1 Å². The smallest absolute Gasteiger partial charge is 0.665 e. The number of benzene rings is 8. The summed E-state index contributed by atoms with van der Waals surface area (Å²) in [4.78, 5) is 10.5. The van der Waals surface area contributed by atoms with Crippen LogP contribution in [0.15, 0.2) is 188 Å². The van der Waals surface area contributed by atoms with Crippen molar-refractivity contribution in [2.75, 3.05) is 0 Å². The topological polar surface area (TPSA) is 39.9 Å². The fourth-order valence-corrected chi connectivity index (χ4v) is 9.06. The number of aryl methyl sites for hydroxylation is 3. The molecule has 8 aromatic carbocycles. The zero-order chi connectivity index (χ0) is 48.0. The Bertz CT molecular complexity index is 3500. The number of hydrogen-bond acceptors (Lipinski definition) is 3. The van der Waals surface area contributed by atoms with E-state index in [9.17, 15) is 0 Å². The first kappa shape index (κ1) is 41.3. The third-order valence-corrected chi connectivity index (χ3v) is 12.4. The zero-order valence-corrected chi connectivity index (χ0v) is 40.4. The molecule has 2 heterocycles. The van der Waals surface area contributed by atoms with Gasteiger partial charge in [-0.25, -0.2) is 4.98 Å². The van der Waals surface area contributed by atoms with Gasteiger partial charge in [0.2, 0.25) is 0 Å². The molecule has 5 heteroatoms. The molecule has 67 heavy (non-hydrogen) atoms. The molecular formula is C62H51N3OPt. The van der Waals surface area contributed by atoms with Crippen molar-refractivity contribution >= 4 is 11.0 Å². The minimum Gasteiger partial charge on any atom is -0.665 e. The van der Waals surface area contributed by atoms with Gasteiger partial charge in [-0.2, -0.15) is 7.11 Å². The minimum atomic E-state index is -2.33. The molecule has 10 aromatic rings. The Labute approximate surface area is 413 Å². The molecule has 0 atom stereocenters. The van der Waals surface area contributed by atoms with Crippen molar-refractivity contribution in [3.05, 3.63) is 224 Å². The minimum absolute atomic E-state index is 0. The molecule has 0 saturated heterocycles. The van der Waals surface area contributed by atoms with Crippen molar-refractivity contribution in [2.24, 2.45) is 0 Å². The first-order chi connectivity index (χ1) is 33.2. The summed E-state index contributed by atoms with van der Waals surface area (Å²) in [6, 6.07) is 66.0. The molecule has 0 aliphatic heterocycles. The van der Waals surface area contributed by atoms with E-state index in [0.717, 1.165) is 94.7 Å². The van der Waals surface area contributed by atoms with E-state index >= 15 is 0 Å². The van der Waals surface area contributed by atoms with Crippen LogP contribution in [0, 0.1) is 33.9 Å². The number of nitrogens with zero attached hydrogens (tertiary/aromatic N) is 3. The van der Waals surface area contributed by atoms with E-state index in [1.807, 2.05) is 37.4 Å². The van der Waals surface area contributed by atoms with Gasteiger partial charge in [-0.1, -0.05) is 183 Å². The van der Waals surface area contributed by atoms with E-state index < -0.39 is 6.85 Å². The molecule has 0 spiro atoms. The summed E-state index contributed by atoms with van der Waals surface area (Å²) >= 11 is 0. The second-order valence-corrected chi connectivity index (χ2v) is 18.0. The van der Waals surface area contributed by atoms with Crippen molar-refractivity contribution in [3.63, 3.8) is 0 Å². The van der Waals surface area contributed by atoms with E-state index in [-0.39, 0.29) is 32.0 Å². The molecule has 0 unspecified atom stereocenters.